The normalized spacial score (nSPS) is 32.7. The van der Waals surface area contributed by atoms with E-state index in [0.29, 0.717) is 6.61 Å². The fraction of sp³-hybridized carbons (Fsp3) is 0.682. The summed E-state index contributed by atoms with van der Waals surface area (Å²) in [5.74, 6) is 0.506. The maximum Gasteiger partial charge on any atom is 0.202 e. The monoisotopic (exact) mass is 375 g/mol. The molecule has 0 N–H and O–H groups in total. The van der Waals surface area contributed by atoms with Gasteiger partial charge in [-0.25, -0.2) is 4.39 Å². The molecule has 0 amide bonds. The van der Waals surface area contributed by atoms with Crippen molar-refractivity contribution in [1.29, 1.82) is 0 Å². The van der Waals surface area contributed by atoms with Gasteiger partial charge >= 0.3 is 0 Å². The van der Waals surface area contributed by atoms with Gasteiger partial charge in [0.1, 0.15) is 0 Å². The van der Waals surface area contributed by atoms with Crippen LogP contribution in [-0.2, 0) is 4.74 Å². The van der Waals surface area contributed by atoms with Gasteiger partial charge in [-0.1, -0.05) is 13.8 Å². The van der Waals surface area contributed by atoms with E-state index in [1.54, 1.807) is 0 Å². The van der Waals surface area contributed by atoms with Crippen molar-refractivity contribution >= 4 is 5.97 Å². The average Bonchev–Trinajstić information content (AvgIpc) is 2.58. The van der Waals surface area contributed by atoms with Crippen LogP contribution in [-0.4, -0.2) is 18.9 Å². The van der Waals surface area contributed by atoms with E-state index < -0.39 is 18.1 Å². The SMILES string of the molecule is CC(C)C(OCC12CC3CC(CC(C3)C1)C2)Oc1cc(C(=O)[O-])ccc1F. The number of aromatic carboxylic acids is 1. The maximum absolute atomic E-state index is 14.1. The van der Waals surface area contributed by atoms with Gasteiger partial charge in [0, 0.05) is 11.5 Å². The molecule has 4 saturated carbocycles. The van der Waals surface area contributed by atoms with E-state index in [1.165, 1.54) is 50.7 Å². The van der Waals surface area contributed by atoms with E-state index in [0.717, 1.165) is 23.8 Å². The number of ether oxygens (including phenoxy) is 2. The highest BCUT2D eigenvalue weighted by molar-refractivity contribution is 5.86. The van der Waals surface area contributed by atoms with Crippen molar-refractivity contribution in [3.8, 4) is 5.75 Å². The standard InChI is InChI=1S/C22H29FO4/c1-13(2)21(27-19-8-17(20(24)25)3-4-18(19)23)26-12-22-9-14-5-15(10-22)7-16(6-14)11-22/h3-4,8,13-16,21H,5-7,9-12H2,1-2H3,(H,24,25)/p-1. The van der Waals surface area contributed by atoms with E-state index in [1.807, 2.05) is 13.8 Å². The number of carbonyl (C=O) groups excluding carboxylic acids is 1. The Kier molecular flexibility index (Phi) is 4.91. The van der Waals surface area contributed by atoms with Gasteiger partial charge in [0.25, 0.3) is 0 Å². The summed E-state index contributed by atoms with van der Waals surface area (Å²) in [6, 6.07) is 3.45. The Labute approximate surface area is 160 Å². The minimum atomic E-state index is -1.35. The number of carboxylic acid groups (broad SMARTS) is 1. The van der Waals surface area contributed by atoms with Crippen LogP contribution in [0, 0.1) is 34.9 Å². The second kappa shape index (κ2) is 7.08. The van der Waals surface area contributed by atoms with Gasteiger partial charge < -0.3 is 19.4 Å². The molecule has 4 aliphatic rings. The maximum atomic E-state index is 14.1. The summed E-state index contributed by atoms with van der Waals surface area (Å²) in [5.41, 5.74) is 0.145. The summed E-state index contributed by atoms with van der Waals surface area (Å²) in [6.45, 7) is 4.57. The molecular weight excluding hydrogens is 347 g/mol. The Bertz CT molecular complexity index is 679. The molecule has 0 spiro atoms. The predicted molar refractivity (Wildman–Crippen MR) is 96.5 cm³/mol. The lowest BCUT2D eigenvalue weighted by atomic mass is 9.50. The first-order valence-electron chi connectivity index (χ1n) is 10.1. The van der Waals surface area contributed by atoms with Gasteiger partial charge in [-0.15, -0.1) is 0 Å². The molecule has 4 fully saturated rings. The number of hydrogen-bond acceptors (Lipinski definition) is 4. The minimum Gasteiger partial charge on any atom is -0.545 e. The molecule has 5 heteroatoms. The minimum absolute atomic E-state index is 0.0184. The molecular formula is C22H28FO4-. The van der Waals surface area contributed by atoms with Crippen molar-refractivity contribution in [2.24, 2.45) is 29.1 Å². The van der Waals surface area contributed by atoms with Gasteiger partial charge in [-0.2, -0.15) is 0 Å². The predicted octanol–water partition coefficient (Wildman–Crippen LogP) is 3.78. The van der Waals surface area contributed by atoms with E-state index in [9.17, 15) is 14.3 Å². The summed E-state index contributed by atoms with van der Waals surface area (Å²) < 4.78 is 26.1. The number of hydrogen-bond donors (Lipinski definition) is 0. The van der Waals surface area contributed by atoms with Gasteiger partial charge in [-0.3, -0.25) is 0 Å². The Hall–Kier alpha value is -1.62. The molecule has 0 saturated heterocycles. The van der Waals surface area contributed by atoms with Gasteiger partial charge in [0.15, 0.2) is 11.6 Å². The van der Waals surface area contributed by atoms with Crippen molar-refractivity contribution < 1.29 is 23.8 Å². The third-order valence-corrected chi connectivity index (χ3v) is 6.67. The van der Waals surface area contributed by atoms with Gasteiger partial charge in [0.2, 0.25) is 6.29 Å². The second-order valence-corrected chi connectivity index (χ2v) is 9.39. The van der Waals surface area contributed by atoms with Crippen molar-refractivity contribution in [2.45, 2.75) is 58.7 Å². The van der Waals surface area contributed by atoms with E-state index >= 15 is 0 Å². The van der Waals surface area contributed by atoms with Crippen LogP contribution < -0.4 is 9.84 Å². The summed E-state index contributed by atoms with van der Waals surface area (Å²) in [7, 11) is 0. The van der Waals surface area contributed by atoms with Crippen LogP contribution in [0.1, 0.15) is 62.7 Å². The Morgan fingerprint density at radius 3 is 2.30 bits per heavy atom. The third kappa shape index (κ3) is 3.84. The van der Waals surface area contributed by atoms with Gasteiger partial charge in [0.05, 0.1) is 12.6 Å². The highest BCUT2D eigenvalue weighted by Gasteiger charge is 2.51. The number of halogens is 1. The molecule has 1 atom stereocenters. The van der Waals surface area contributed by atoms with Crippen LogP contribution >= 0.6 is 0 Å². The first-order valence-corrected chi connectivity index (χ1v) is 10.1. The fourth-order valence-electron chi connectivity index (χ4n) is 5.93. The molecule has 0 aromatic heterocycles. The largest absolute Gasteiger partial charge is 0.545 e. The van der Waals surface area contributed by atoms with Crippen LogP contribution in [0.4, 0.5) is 4.39 Å². The Balaban J connectivity index is 1.45. The molecule has 5 rings (SSSR count). The zero-order valence-electron chi connectivity index (χ0n) is 16.1. The molecule has 1 unspecified atom stereocenters. The summed E-state index contributed by atoms with van der Waals surface area (Å²) in [6.07, 6.45) is 7.24. The average molecular weight is 375 g/mol. The lowest BCUT2D eigenvalue weighted by molar-refractivity contribution is -0.255. The lowest BCUT2D eigenvalue weighted by Gasteiger charge is -2.56. The summed E-state index contributed by atoms with van der Waals surface area (Å²) in [4.78, 5) is 11.0. The number of carbonyl (C=O) groups is 1. The lowest BCUT2D eigenvalue weighted by Crippen LogP contribution is -2.49. The fourth-order valence-corrected chi connectivity index (χ4v) is 5.93. The van der Waals surface area contributed by atoms with Crippen LogP contribution in [0.5, 0.6) is 5.75 Å². The summed E-state index contributed by atoms with van der Waals surface area (Å²) >= 11 is 0. The highest BCUT2D eigenvalue weighted by atomic mass is 19.1. The molecule has 27 heavy (non-hydrogen) atoms. The van der Waals surface area contributed by atoms with Crippen molar-refractivity contribution in [3.05, 3.63) is 29.6 Å². The first-order chi connectivity index (χ1) is 12.8. The van der Waals surface area contributed by atoms with Crippen LogP contribution in [0.3, 0.4) is 0 Å². The quantitative estimate of drug-likeness (QED) is 0.681. The smallest absolute Gasteiger partial charge is 0.202 e. The first kappa shape index (κ1) is 18.7. The third-order valence-electron chi connectivity index (χ3n) is 6.67. The van der Waals surface area contributed by atoms with Gasteiger partial charge in [-0.05, 0) is 79.9 Å². The number of carboxylic acids is 1. The molecule has 148 valence electrons. The Morgan fingerprint density at radius 2 is 1.78 bits per heavy atom. The van der Waals surface area contributed by atoms with Crippen LogP contribution in [0.15, 0.2) is 18.2 Å². The number of rotatable bonds is 7. The molecule has 0 radical (unpaired) electrons. The van der Waals surface area contributed by atoms with Crippen molar-refractivity contribution in [2.75, 3.05) is 6.61 Å². The second-order valence-electron chi connectivity index (χ2n) is 9.39. The summed E-state index contributed by atoms with van der Waals surface area (Å²) in [5, 5.41) is 11.0. The zero-order chi connectivity index (χ0) is 19.2. The molecule has 1 aromatic rings. The Morgan fingerprint density at radius 1 is 1.19 bits per heavy atom. The molecule has 0 heterocycles. The number of benzene rings is 1. The molecule has 4 nitrogen and oxygen atoms in total. The van der Waals surface area contributed by atoms with Crippen molar-refractivity contribution in [3.63, 3.8) is 0 Å². The molecule has 1 aromatic carbocycles. The van der Waals surface area contributed by atoms with Crippen LogP contribution in [0.2, 0.25) is 0 Å². The van der Waals surface area contributed by atoms with E-state index in [4.69, 9.17) is 9.47 Å². The van der Waals surface area contributed by atoms with E-state index in [-0.39, 0.29) is 22.6 Å². The zero-order valence-corrected chi connectivity index (χ0v) is 16.1. The van der Waals surface area contributed by atoms with Crippen LogP contribution in [0.25, 0.3) is 0 Å². The topological polar surface area (TPSA) is 58.6 Å². The van der Waals surface area contributed by atoms with E-state index in [2.05, 4.69) is 0 Å². The highest BCUT2D eigenvalue weighted by Crippen LogP contribution is 2.60. The molecule has 4 aliphatic carbocycles. The molecule has 4 bridgehead atoms. The molecule has 0 aliphatic heterocycles. The van der Waals surface area contributed by atoms with Crippen molar-refractivity contribution in [1.82, 2.24) is 0 Å².